The molecule has 0 heterocycles. The Hall–Kier alpha value is -2.45. The van der Waals surface area contributed by atoms with Crippen molar-refractivity contribution in [3.05, 3.63) is 54.3 Å². The molecule has 1 amide bonds. The van der Waals surface area contributed by atoms with Crippen LogP contribution in [0, 0.1) is 5.82 Å². The molecule has 116 valence electrons. The van der Waals surface area contributed by atoms with E-state index in [1.54, 1.807) is 12.1 Å². The van der Waals surface area contributed by atoms with Crippen LogP contribution in [0.15, 0.2) is 53.4 Å². The van der Waals surface area contributed by atoms with Gasteiger partial charge in [-0.25, -0.2) is 17.9 Å². The SMILES string of the molecule is NS(=O)(=O)c1ccc(NC(=O)CNc2ccccc2)c(F)c1. The van der Waals surface area contributed by atoms with Crippen LogP contribution in [0.2, 0.25) is 0 Å². The summed E-state index contributed by atoms with van der Waals surface area (Å²) >= 11 is 0. The number of hydrogen-bond acceptors (Lipinski definition) is 4. The molecule has 2 aromatic carbocycles. The molecule has 0 aromatic heterocycles. The largest absolute Gasteiger partial charge is 0.376 e. The van der Waals surface area contributed by atoms with Crippen molar-refractivity contribution in [2.75, 3.05) is 17.2 Å². The summed E-state index contributed by atoms with van der Waals surface area (Å²) in [5, 5.41) is 10.1. The Morgan fingerprint density at radius 1 is 1.14 bits per heavy atom. The summed E-state index contributed by atoms with van der Waals surface area (Å²) < 4.78 is 35.9. The number of nitrogens with two attached hydrogens (primary N) is 1. The number of rotatable bonds is 5. The van der Waals surface area contributed by atoms with Crippen LogP contribution in [-0.4, -0.2) is 20.9 Å². The first kappa shape index (κ1) is 15.9. The number of carbonyl (C=O) groups is 1. The van der Waals surface area contributed by atoms with Crippen molar-refractivity contribution in [3.63, 3.8) is 0 Å². The van der Waals surface area contributed by atoms with Crippen LogP contribution < -0.4 is 15.8 Å². The van der Waals surface area contributed by atoms with Gasteiger partial charge in [0.25, 0.3) is 0 Å². The maximum atomic E-state index is 13.7. The number of para-hydroxylation sites is 1. The normalized spacial score (nSPS) is 11.0. The van der Waals surface area contributed by atoms with Crippen LogP contribution in [0.5, 0.6) is 0 Å². The van der Waals surface area contributed by atoms with Crippen molar-refractivity contribution < 1.29 is 17.6 Å². The molecule has 6 nitrogen and oxygen atoms in total. The number of primary sulfonamides is 1. The fourth-order valence-electron chi connectivity index (χ4n) is 1.71. The van der Waals surface area contributed by atoms with Gasteiger partial charge in [0.15, 0.2) is 0 Å². The summed E-state index contributed by atoms with van der Waals surface area (Å²) in [6.45, 7) is -0.0552. The molecule has 0 saturated heterocycles. The van der Waals surface area contributed by atoms with Gasteiger partial charge in [-0.3, -0.25) is 4.79 Å². The Bertz CT molecular complexity index is 779. The minimum Gasteiger partial charge on any atom is -0.376 e. The molecule has 0 saturated carbocycles. The summed E-state index contributed by atoms with van der Waals surface area (Å²) in [5.74, 6) is -1.34. The van der Waals surface area contributed by atoms with Crippen LogP contribution in [-0.2, 0) is 14.8 Å². The summed E-state index contributed by atoms with van der Waals surface area (Å²) in [5.41, 5.74) is 0.634. The lowest BCUT2D eigenvalue weighted by Gasteiger charge is -2.09. The molecule has 0 radical (unpaired) electrons. The Labute approximate surface area is 127 Å². The number of carbonyl (C=O) groups excluding carboxylic acids is 1. The Kier molecular flexibility index (Phi) is 4.74. The van der Waals surface area contributed by atoms with Crippen LogP contribution in [0.4, 0.5) is 15.8 Å². The molecular formula is C14H14FN3O3S. The van der Waals surface area contributed by atoms with E-state index in [4.69, 9.17) is 5.14 Å². The highest BCUT2D eigenvalue weighted by Gasteiger charge is 2.13. The van der Waals surface area contributed by atoms with Crippen molar-refractivity contribution in [2.24, 2.45) is 5.14 Å². The van der Waals surface area contributed by atoms with E-state index in [1.807, 2.05) is 18.2 Å². The highest BCUT2D eigenvalue weighted by atomic mass is 32.2. The molecule has 4 N–H and O–H groups in total. The molecule has 8 heteroatoms. The van der Waals surface area contributed by atoms with Crippen molar-refractivity contribution in [2.45, 2.75) is 4.90 Å². The van der Waals surface area contributed by atoms with E-state index in [0.29, 0.717) is 0 Å². The standard InChI is InChI=1S/C14H14FN3O3S/c15-12-8-11(22(16,20)21)6-7-13(12)18-14(19)9-17-10-4-2-1-3-5-10/h1-8,17H,9H2,(H,18,19)(H2,16,20,21). The van der Waals surface area contributed by atoms with E-state index in [2.05, 4.69) is 10.6 Å². The molecule has 0 bridgehead atoms. The number of amides is 1. The summed E-state index contributed by atoms with van der Waals surface area (Å²) in [6, 6.07) is 12.1. The van der Waals surface area contributed by atoms with E-state index >= 15 is 0 Å². The van der Waals surface area contributed by atoms with Gasteiger partial charge in [-0.15, -0.1) is 0 Å². The minimum absolute atomic E-state index is 0.0552. The molecule has 22 heavy (non-hydrogen) atoms. The quantitative estimate of drug-likeness (QED) is 0.776. The molecule has 2 rings (SSSR count). The molecule has 0 aliphatic rings. The van der Waals surface area contributed by atoms with E-state index in [9.17, 15) is 17.6 Å². The van der Waals surface area contributed by atoms with Gasteiger partial charge in [0.05, 0.1) is 17.1 Å². The number of anilines is 2. The first-order chi connectivity index (χ1) is 10.4. The van der Waals surface area contributed by atoms with Gasteiger partial charge < -0.3 is 10.6 Å². The maximum absolute atomic E-state index is 13.7. The third-order valence-corrected chi connectivity index (χ3v) is 3.68. The van der Waals surface area contributed by atoms with Crippen molar-refractivity contribution in [1.29, 1.82) is 0 Å². The first-order valence-electron chi connectivity index (χ1n) is 6.27. The highest BCUT2D eigenvalue weighted by molar-refractivity contribution is 7.89. The van der Waals surface area contributed by atoms with Gasteiger partial charge >= 0.3 is 0 Å². The minimum atomic E-state index is -3.98. The van der Waals surface area contributed by atoms with E-state index in [-0.39, 0.29) is 17.1 Å². The lowest BCUT2D eigenvalue weighted by atomic mass is 10.3. The van der Waals surface area contributed by atoms with Crippen LogP contribution in [0.1, 0.15) is 0 Å². The average molecular weight is 323 g/mol. The third-order valence-electron chi connectivity index (χ3n) is 2.77. The van der Waals surface area contributed by atoms with Gasteiger partial charge in [-0.1, -0.05) is 18.2 Å². The van der Waals surface area contributed by atoms with Gasteiger partial charge in [-0.2, -0.15) is 0 Å². The molecule has 0 aliphatic carbocycles. The number of halogens is 1. The number of benzene rings is 2. The van der Waals surface area contributed by atoms with Crippen molar-refractivity contribution in [1.82, 2.24) is 0 Å². The predicted molar refractivity (Wildman–Crippen MR) is 81.3 cm³/mol. The van der Waals surface area contributed by atoms with E-state index in [0.717, 1.165) is 23.9 Å². The highest BCUT2D eigenvalue weighted by Crippen LogP contribution is 2.18. The van der Waals surface area contributed by atoms with E-state index < -0.39 is 21.7 Å². The molecule has 0 spiro atoms. The molecule has 0 fully saturated rings. The molecule has 0 atom stereocenters. The zero-order chi connectivity index (χ0) is 16.2. The summed E-state index contributed by atoms with van der Waals surface area (Å²) in [7, 11) is -3.98. The second kappa shape index (κ2) is 6.54. The fourth-order valence-corrected chi connectivity index (χ4v) is 2.23. The Morgan fingerprint density at radius 3 is 2.41 bits per heavy atom. The second-order valence-corrected chi connectivity index (χ2v) is 6.02. The fraction of sp³-hybridized carbons (Fsp3) is 0.0714. The Balaban J connectivity index is 2.00. The predicted octanol–water partition coefficient (Wildman–Crippen LogP) is 1.52. The summed E-state index contributed by atoms with van der Waals surface area (Å²) in [4.78, 5) is 11.4. The van der Waals surface area contributed by atoms with Gasteiger partial charge in [-0.05, 0) is 30.3 Å². The molecular weight excluding hydrogens is 309 g/mol. The smallest absolute Gasteiger partial charge is 0.243 e. The van der Waals surface area contributed by atoms with Crippen LogP contribution in [0.3, 0.4) is 0 Å². The first-order valence-corrected chi connectivity index (χ1v) is 7.82. The average Bonchev–Trinajstić information content (AvgIpc) is 2.47. The van der Waals surface area contributed by atoms with Crippen molar-refractivity contribution in [3.8, 4) is 0 Å². The zero-order valence-electron chi connectivity index (χ0n) is 11.4. The van der Waals surface area contributed by atoms with E-state index in [1.165, 1.54) is 0 Å². The zero-order valence-corrected chi connectivity index (χ0v) is 12.2. The molecule has 2 aromatic rings. The number of nitrogens with one attached hydrogen (secondary N) is 2. The number of hydrogen-bond donors (Lipinski definition) is 3. The molecule has 0 aliphatic heterocycles. The molecule has 0 unspecified atom stereocenters. The van der Waals surface area contributed by atoms with Gasteiger partial charge in [0.2, 0.25) is 15.9 Å². The Morgan fingerprint density at radius 2 is 1.82 bits per heavy atom. The maximum Gasteiger partial charge on any atom is 0.243 e. The second-order valence-electron chi connectivity index (χ2n) is 4.45. The van der Waals surface area contributed by atoms with Gasteiger partial charge in [0, 0.05) is 5.69 Å². The monoisotopic (exact) mass is 323 g/mol. The lowest BCUT2D eigenvalue weighted by molar-refractivity contribution is -0.114. The van der Waals surface area contributed by atoms with Crippen LogP contribution in [0.25, 0.3) is 0 Å². The lowest BCUT2D eigenvalue weighted by Crippen LogP contribution is -2.22. The van der Waals surface area contributed by atoms with Crippen LogP contribution >= 0.6 is 0 Å². The van der Waals surface area contributed by atoms with Crippen molar-refractivity contribution >= 4 is 27.3 Å². The number of sulfonamides is 1. The summed E-state index contributed by atoms with van der Waals surface area (Å²) in [6.07, 6.45) is 0. The third kappa shape index (κ3) is 4.27. The topological polar surface area (TPSA) is 101 Å². The van der Waals surface area contributed by atoms with Gasteiger partial charge in [0.1, 0.15) is 5.82 Å².